The minimum absolute atomic E-state index is 0.0384. The second-order valence-electron chi connectivity index (χ2n) is 5.47. The summed E-state index contributed by atoms with van der Waals surface area (Å²) < 4.78 is 15.5. The van der Waals surface area contributed by atoms with Crippen molar-refractivity contribution in [2.24, 2.45) is 0 Å². The van der Waals surface area contributed by atoms with Crippen molar-refractivity contribution in [2.75, 3.05) is 14.2 Å². The Morgan fingerprint density at radius 3 is 2.36 bits per heavy atom. The first kappa shape index (κ1) is 16.6. The summed E-state index contributed by atoms with van der Waals surface area (Å²) >= 11 is 0. The van der Waals surface area contributed by atoms with Crippen molar-refractivity contribution in [1.82, 2.24) is 0 Å². The molecule has 1 aliphatic heterocycles. The Labute approximate surface area is 142 Å². The predicted octanol–water partition coefficient (Wildman–Crippen LogP) is 2.23. The number of phenols is 4. The molecule has 8 heteroatoms. The number of carbonyl (C=O) groups excluding carboxylic acids is 1. The Hall–Kier alpha value is -3.29. The molecule has 1 heterocycles. The van der Waals surface area contributed by atoms with Crippen LogP contribution in [0.1, 0.15) is 28.4 Å². The van der Waals surface area contributed by atoms with E-state index in [1.54, 1.807) is 0 Å². The topological polar surface area (TPSA) is 126 Å². The van der Waals surface area contributed by atoms with Gasteiger partial charge in [0.25, 0.3) is 0 Å². The van der Waals surface area contributed by atoms with E-state index in [0.29, 0.717) is 0 Å². The molecule has 8 nitrogen and oxygen atoms in total. The molecule has 2 aromatic carbocycles. The normalized spacial score (nSPS) is 16.1. The molecule has 3 rings (SSSR count). The summed E-state index contributed by atoms with van der Waals surface area (Å²) in [4.78, 5) is 12.5. The van der Waals surface area contributed by atoms with E-state index in [0.717, 1.165) is 12.1 Å². The summed E-state index contributed by atoms with van der Waals surface area (Å²) in [7, 11) is 2.60. The average Bonchev–Trinajstić information content (AvgIpc) is 2.54. The van der Waals surface area contributed by atoms with Crippen LogP contribution >= 0.6 is 0 Å². The van der Waals surface area contributed by atoms with Crippen LogP contribution in [-0.4, -0.2) is 40.4 Å². The number of benzene rings is 2. The van der Waals surface area contributed by atoms with Gasteiger partial charge in [0.2, 0.25) is 5.75 Å². The summed E-state index contributed by atoms with van der Waals surface area (Å²) in [6.07, 6.45) is -1.06. The van der Waals surface area contributed by atoms with Gasteiger partial charge >= 0.3 is 0 Å². The molecule has 0 spiro atoms. The molecule has 0 radical (unpaired) electrons. The first-order chi connectivity index (χ1) is 11.9. The van der Waals surface area contributed by atoms with E-state index >= 15 is 0 Å². The molecule has 0 amide bonds. The molecule has 4 N–H and O–H groups in total. The van der Waals surface area contributed by atoms with Gasteiger partial charge in [0.15, 0.2) is 28.8 Å². The molecule has 0 saturated heterocycles. The third kappa shape index (κ3) is 2.61. The van der Waals surface area contributed by atoms with Gasteiger partial charge in [-0.15, -0.1) is 0 Å². The van der Waals surface area contributed by atoms with Crippen LogP contribution in [-0.2, 0) is 0 Å². The largest absolute Gasteiger partial charge is 0.507 e. The van der Waals surface area contributed by atoms with Gasteiger partial charge in [-0.1, -0.05) is 0 Å². The van der Waals surface area contributed by atoms with Crippen molar-refractivity contribution in [3.05, 3.63) is 29.3 Å². The van der Waals surface area contributed by atoms with Crippen LogP contribution in [0.4, 0.5) is 0 Å². The maximum Gasteiger partial charge on any atom is 0.203 e. The van der Waals surface area contributed by atoms with E-state index in [1.165, 1.54) is 20.3 Å². The number of hydrogen-bond acceptors (Lipinski definition) is 8. The number of ether oxygens (including phenoxy) is 3. The van der Waals surface area contributed by atoms with Gasteiger partial charge in [-0.2, -0.15) is 0 Å². The molecule has 1 aliphatic rings. The quantitative estimate of drug-likeness (QED) is 0.665. The zero-order valence-electron chi connectivity index (χ0n) is 13.4. The maximum absolute atomic E-state index is 12.5. The van der Waals surface area contributed by atoms with Crippen LogP contribution in [0.5, 0.6) is 40.2 Å². The number of aromatic hydroxyl groups is 4. The molecular formula is C17H16O8. The fourth-order valence-corrected chi connectivity index (χ4v) is 2.81. The van der Waals surface area contributed by atoms with Crippen molar-refractivity contribution in [3.8, 4) is 40.2 Å². The van der Waals surface area contributed by atoms with Crippen molar-refractivity contribution >= 4 is 5.78 Å². The fraction of sp³-hybridized carbons (Fsp3) is 0.235. The third-order valence-electron chi connectivity index (χ3n) is 4.00. The Balaban J connectivity index is 2.07. The van der Waals surface area contributed by atoms with Gasteiger partial charge in [-0.25, -0.2) is 0 Å². The van der Waals surface area contributed by atoms with Gasteiger partial charge < -0.3 is 34.6 Å². The second kappa shape index (κ2) is 5.97. The van der Waals surface area contributed by atoms with E-state index in [4.69, 9.17) is 14.2 Å². The molecule has 2 aromatic rings. The Kier molecular flexibility index (Phi) is 3.96. The molecule has 0 bridgehead atoms. The standard InChI is InChI=1S/C17H16O8/c1-23-13-3-7(8(18)4-9(13)19)12-5-10(20)15-14(25-12)6-11(21)17(24-2)16(15)22/h3-4,6,12,18-19,21-22H,5H2,1-2H3/t12-/m1/s1. The molecule has 0 unspecified atom stereocenters. The van der Waals surface area contributed by atoms with E-state index < -0.39 is 17.6 Å². The zero-order valence-corrected chi connectivity index (χ0v) is 13.4. The van der Waals surface area contributed by atoms with Gasteiger partial charge in [0.05, 0.1) is 20.6 Å². The number of methoxy groups -OCH3 is 2. The highest BCUT2D eigenvalue weighted by Crippen LogP contribution is 2.49. The number of phenolic OH excluding ortho intramolecular Hbond substituents is 4. The highest BCUT2D eigenvalue weighted by molar-refractivity contribution is 6.03. The third-order valence-corrected chi connectivity index (χ3v) is 4.00. The van der Waals surface area contributed by atoms with Crippen LogP contribution in [0.25, 0.3) is 0 Å². The van der Waals surface area contributed by atoms with Gasteiger partial charge in [-0.3, -0.25) is 4.79 Å². The molecule has 0 aliphatic carbocycles. The molecule has 25 heavy (non-hydrogen) atoms. The molecular weight excluding hydrogens is 332 g/mol. The first-order valence-corrected chi connectivity index (χ1v) is 7.30. The van der Waals surface area contributed by atoms with Crippen LogP contribution in [0.3, 0.4) is 0 Å². The first-order valence-electron chi connectivity index (χ1n) is 7.30. The lowest BCUT2D eigenvalue weighted by Crippen LogP contribution is -2.21. The number of ketones is 1. The monoisotopic (exact) mass is 348 g/mol. The SMILES string of the molecule is COc1cc([C@H]2CC(=O)c3c(cc(O)c(OC)c3O)O2)c(O)cc1O. The summed E-state index contributed by atoms with van der Waals surface area (Å²) in [5.41, 5.74) is 0.125. The predicted molar refractivity (Wildman–Crippen MR) is 85.0 cm³/mol. The fourth-order valence-electron chi connectivity index (χ4n) is 2.81. The van der Waals surface area contributed by atoms with E-state index in [9.17, 15) is 25.2 Å². The maximum atomic E-state index is 12.5. The highest BCUT2D eigenvalue weighted by atomic mass is 16.5. The summed E-state index contributed by atoms with van der Waals surface area (Å²) in [5.74, 6) is -2.03. The van der Waals surface area contributed by atoms with Crippen molar-refractivity contribution < 1.29 is 39.4 Å². The lowest BCUT2D eigenvalue weighted by Gasteiger charge is -2.27. The lowest BCUT2D eigenvalue weighted by molar-refractivity contribution is 0.0840. The average molecular weight is 348 g/mol. The number of fused-ring (bicyclic) bond motifs is 1. The number of hydrogen-bond donors (Lipinski definition) is 4. The Morgan fingerprint density at radius 1 is 1.00 bits per heavy atom. The van der Waals surface area contributed by atoms with Crippen LogP contribution in [0.2, 0.25) is 0 Å². The Bertz CT molecular complexity index is 858. The van der Waals surface area contributed by atoms with Gasteiger partial charge in [-0.05, 0) is 6.07 Å². The van der Waals surface area contributed by atoms with Crippen molar-refractivity contribution in [3.63, 3.8) is 0 Å². The summed E-state index contributed by atoms with van der Waals surface area (Å²) in [6.45, 7) is 0. The number of Topliss-reactive ketones (excluding diaryl/α,β-unsaturated/α-hetero) is 1. The number of carbonyl (C=O) groups is 1. The molecule has 0 aromatic heterocycles. The van der Waals surface area contributed by atoms with Crippen LogP contribution in [0, 0.1) is 0 Å². The zero-order chi connectivity index (χ0) is 18.3. The molecule has 0 saturated carbocycles. The minimum atomic E-state index is -0.887. The van der Waals surface area contributed by atoms with E-state index in [2.05, 4.69) is 0 Å². The van der Waals surface area contributed by atoms with E-state index in [-0.39, 0.29) is 52.0 Å². The minimum Gasteiger partial charge on any atom is -0.507 e. The van der Waals surface area contributed by atoms with Gasteiger partial charge in [0.1, 0.15) is 23.2 Å². The van der Waals surface area contributed by atoms with Crippen molar-refractivity contribution in [1.29, 1.82) is 0 Å². The van der Waals surface area contributed by atoms with Crippen LogP contribution in [0.15, 0.2) is 18.2 Å². The molecule has 1 atom stereocenters. The smallest absolute Gasteiger partial charge is 0.203 e. The van der Waals surface area contributed by atoms with Crippen molar-refractivity contribution in [2.45, 2.75) is 12.5 Å². The second-order valence-corrected chi connectivity index (χ2v) is 5.47. The molecule has 132 valence electrons. The lowest BCUT2D eigenvalue weighted by atomic mass is 9.94. The van der Waals surface area contributed by atoms with Gasteiger partial charge in [0, 0.05) is 17.7 Å². The summed E-state index contributed by atoms with van der Waals surface area (Å²) in [5, 5.41) is 39.8. The molecule has 0 fully saturated rings. The van der Waals surface area contributed by atoms with Crippen LogP contribution < -0.4 is 14.2 Å². The van der Waals surface area contributed by atoms with E-state index in [1.807, 2.05) is 0 Å². The highest BCUT2D eigenvalue weighted by Gasteiger charge is 2.34. The Morgan fingerprint density at radius 2 is 1.72 bits per heavy atom. The number of rotatable bonds is 3. The summed E-state index contributed by atoms with van der Waals surface area (Å²) in [6, 6.07) is 3.60.